The summed E-state index contributed by atoms with van der Waals surface area (Å²) in [6, 6.07) is 12.7. The molecule has 0 aliphatic carbocycles. The lowest BCUT2D eigenvalue weighted by molar-refractivity contribution is 0.309. The van der Waals surface area contributed by atoms with Gasteiger partial charge in [0, 0.05) is 10.9 Å². The molecule has 2 aromatic rings. The van der Waals surface area contributed by atoms with E-state index in [9.17, 15) is 0 Å². The largest absolute Gasteiger partial charge is 0.488 e. The molecule has 1 aromatic carbocycles. The van der Waals surface area contributed by atoms with Crippen molar-refractivity contribution in [2.24, 2.45) is 5.73 Å². The number of hydrogen-bond donors (Lipinski definition) is 1. The second-order valence-electron chi connectivity index (χ2n) is 4.53. The fourth-order valence-corrected chi connectivity index (χ4v) is 2.31. The Morgan fingerprint density at radius 1 is 1.22 bits per heavy atom. The average Bonchev–Trinajstić information content (AvgIpc) is 2.88. The maximum atomic E-state index is 5.75. The first kappa shape index (κ1) is 13.1. The minimum Gasteiger partial charge on any atom is -0.488 e. The van der Waals surface area contributed by atoms with Crippen molar-refractivity contribution in [2.75, 3.05) is 0 Å². The van der Waals surface area contributed by atoms with Crippen LogP contribution in [0, 0.1) is 0 Å². The Hall–Kier alpha value is -1.32. The summed E-state index contributed by atoms with van der Waals surface area (Å²) in [6.45, 7) is 2.69. The van der Waals surface area contributed by atoms with Crippen molar-refractivity contribution < 1.29 is 4.74 Å². The molecule has 1 atom stereocenters. The summed E-state index contributed by atoms with van der Waals surface area (Å²) in [5.41, 5.74) is 7.06. The Balaban J connectivity index is 1.83. The predicted molar refractivity (Wildman–Crippen MR) is 77.1 cm³/mol. The van der Waals surface area contributed by atoms with E-state index in [1.807, 2.05) is 25.1 Å². The number of aryl methyl sites for hydroxylation is 1. The minimum atomic E-state index is 0.264. The zero-order chi connectivity index (χ0) is 12.8. The summed E-state index contributed by atoms with van der Waals surface area (Å²) in [4.78, 5) is 1.25. The van der Waals surface area contributed by atoms with Gasteiger partial charge in [0.05, 0.1) is 0 Å². The second kappa shape index (κ2) is 6.57. The fourth-order valence-electron chi connectivity index (χ4n) is 1.70. The second-order valence-corrected chi connectivity index (χ2v) is 5.56. The van der Waals surface area contributed by atoms with Gasteiger partial charge in [-0.3, -0.25) is 0 Å². The van der Waals surface area contributed by atoms with Gasteiger partial charge in [0.2, 0.25) is 0 Å². The molecule has 3 heteroatoms. The van der Waals surface area contributed by atoms with Gasteiger partial charge < -0.3 is 10.5 Å². The molecule has 1 heterocycles. The van der Waals surface area contributed by atoms with E-state index >= 15 is 0 Å². The summed E-state index contributed by atoms with van der Waals surface area (Å²) in [6.07, 6.45) is 2.05. The van der Waals surface area contributed by atoms with E-state index in [0.29, 0.717) is 6.61 Å². The van der Waals surface area contributed by atoms with Gasteiger partial charge in [-0.25, -0.2) is 0 Å². The van der Waals surface area contributed by atoms with Crippen LogP contribution in [0.15, 0.2) is 41.8 Å². The minimum absolute atomic E-state index is 0.264. The molecule has 0 saturated carbocycles. The van der Waals surface area contributed by atoms with Crippen molar-refractivity contribution in [1.82, 2.24) is 0 Å². The highest BCUT2D eigenvalue weighted by Gasteiger charge is 1.99. The topological polar surface area (TPSA) is 35.2 Å². The number of thiophene rings is 1. The van der Waals surface area contributed by atoms with E-state index in [0.717, 1.165) is 18.6 Å². The predicted octanol–water partition coefficient (Wildman–Crippen LogP) is 3.61. The van der Waals surface area contributed by atoms with Crippen LogP contribution in [0.5, 0.6) is 5.75 Å². The van der Waals surface area contributed by atoms with Crippen LogP contribution >= 0.6 is 11.3 Å². The Labute approximate surface area is 112 Å². The molecule has 2 N–H and O–H groups in total. The van der Waals surface area contributed by atoms with Gasteiger partial charge in [0.25, 0.3) is 0 Å². The number of ether oxygens (including phenoxy) is 1. The Kier molecular flexibility index (Phi) is 4.79. The van der Waals surface area contributed by atoms with E-state index < -0.39 is 0 Å². The molecule has 2 rings (SSSR count). The summed E-state index contributed by atoms with van der Waals surface area (Å²) in [5.74, 6) is 0.924. The first-order valence-corrected chi connectivity index (χ1v) is 7.12. The van der Waals surface area contributed by atoms with Crippen LogP contribution in [0.25, 0.3) is 0 Å². The lowest BCUT2D eigenvalue weighted by Gasteiger charge is -2.07. The van der Waals surface area contributed by atoms with Gasteiger partial charge >= 0.3 is 0 Å². The van der Waals surface area contributed by atoms with E-state index in [-0.39, 0.29) is 6.04 Å². The highest BCUT2D eigenvalue weighted by molar-refractivity contribution is 7.09. The third-order valence-corrected chi connectivity index (χ3v) is 3.62. The number of nitrogens with two attached hydrogens (primary N) is 1. The number of rotatable bonds is 6. The molecule has 0 aliphatic heterocycles. The molecule has 0 saturated heterocycles. The quantitative estimate of drug-likeness (QED) is 0.862. The monoisotopic (exact) mass is 261 g/mol. The maximum absolute atomic E-state index is 5.75. The van der Waals surface area contributed by atoms with Crippen molar-refractivity contribution in [1.29, 1.82) is 0 Å². The zero-order valence-corrected chi connectivity index (χ0v) is 11.5. The molecule has 0 amide bonds. The van der Waals surface area contributed by atoms with E-state index in [1.54, 1.807) is 11.3 Å². The van der Waals surface area contributed by atoms with Crippen LogP contribution in [0.3, 0.4) is 0 Å². The molecule has 1 aromatic heterocycles. The first-order valence-electron chi connectivity index (χ1n) is 6.24. The van der Waals surface area contributed by atoms with Gasteiger partial charge in [-0.05, 0) is 48.9 Å². The fraction of sp³-hybridized carbons (Fsp3) is 0.333. The van der Waals surface area contributed by atoms with Crippen LogP contribution in [-0.2, 0) is 13.0 Å². The standard InChI is InChI=1S/C15H19NOS/c1-12(16)4-5-13-6-8-14(9-7-13)17-11-15-3-2-10-18-15/h2-3,6-10,12H,4-5,11,16H2,1H3. The average molecular weight is 261 g/mol. The van der Waals surface area contributed by atoms with Crippen molar-refractivity contribution in [3.05, 3.63) is 52.2 Å². The van der Waals surface area contributed by atoms with Gasteiger partial charge in [0.15, 0.2) is 0 Å². The molecular weight excluding hydrogens is 242 g/mol. The molecule has 0 fully saturated rings. The van der Waals surface area contributed by atoms with Gasteiger partial charge in [-0.1, -0.05) is 18.2 Å². The van der Waals surface area contributed by atoms with E-state index in [1.165, 1.54) is 10.4 Å². The molecule has 2 nitrogen and oxygen atoms in total. The van der Waals surface area contributed by atoms with E-state index in [2.05, 4.69) is 23.6 Å². The molecule has 0 radical (unpaired) electrons. The van der Waals surface area contributed by atoms with Gasteiger partial charge in [0.1, 0.15) is 12.4 Å². The molecule has 0 spiro atoms. The zero-order valence-electron chi connectivity index (χ0n) is 10.6. The van der Waals surface area contributed by atoms with Crippen molar-refractivity contribution in [3.8, 4) is 5.75 Å². The summed E-state index contributed by atoms with van der Waals surface area (Å²) < 4.78 is 5.72. The number of hydrogen-bond acceptors (Lipinski definition) is 3. The maximum Gasteiger partial charge on any atom is 0.122 e. The van der Waals surface area contributed by atoms with Gasteiger partial charge in [-0.15, -0.1) is 11.3 Å². The third kappa shape index (κ3) is 4.17. The van der Waals surface area contributed by atoms with Crippen LogP contribution in [0.1, 0.15) is 23.8 Å². The smallest absolute Gasteiger partial charge is 0.122 e. The summed E-state index contributed by atoms with van der Waals surface area (Å²) in [5, 5.41) is 2.07. The molecule has 18 heavy (non-hydrogen) atoms. The molecular formula is C15H19NOS. The van der Waals surface area contributed by atoms with Crippen molar-refractivity contribution >= 4 is 11.3 Å². The van der Waals surface area contributed by atoms with Crippen LogP contribution in [0.2, 0.25) is 0 Å². The van der Waals surface area contributed by atoms with Crippen molar-refractivity contribution in [3.63, 3.8) is 0 Å². The van der Waals surface area contributed by atoms with Crippen molar-refractivity contribution in [2.45, 2.75) is 32.4 Å². The Morgan fingerprint density at radius 3 is 2.61 bits per heavy atom. The van der Waals surface area contributed by atoms with E-state index in [4.69, 9.17) is 10.5 Å². The Bertz CT molecular complexity index is 448. The van der Waals surface area contributed by atoms with Crippen LogP contribution < -0.4 is 10.5 Å². The molecule has 96 valence electrons. The summed E-state index contributed by atoms with van der Waals surface area (Å²) >= 11 is 1.72. The lowest BCUT2D eigenvalue weighted by Crippen LogP contribution is -2.15. The normalized spacial score (nSPS) is 12.3. The summed E-state index contributed by atoms with van der Waals surface area (Å²) in [7, 11) is 0. The highest BCUT2D eigenvalue weighted by Crippen LogP contribution is 2.17. The number of benzene rings is 1. The SMILES string of the molecule is CC(N)CCc1ccc(OCc2cccs2)cc1. The highest BCUT2D eigenvalue weighted by atomic mass is 32.1. The van der Waals surface area contributed by atoms with Crippen LogP contribution in [-0.4, -0.2) is 6.04 Å². The first-order chi connectivity index (χ1) is 8.74. The molecule has 0 aliphatic rings. The van der Waals surface area contributed by atoms with Gasteiger partial charge in [-0.2, -0.15) is 0 Å². The molecule has 0 bridgehead atoms. The van der Waals surface area contributed by atoms with Crippen LogP contribution in [0.4, 0.5) is 0 Å². The Morgan fingerprint density at radius 2 is 2.00 bits per heavy atom. The lowest BCUT2D eigenvalue weighted by atomic mass is 10.1. The third-order valence-electron chi connectivity index (χ3n) is 2.77. The molecule has 1 unspecified atom stereocenters.